The highest BCUT2D eigenvalue weighted by Gasteiger charge is 2.21. The van der Waals surface area contributed by atoms with Crippen molar-refractivity contribution < 1.29 is 28.3 Å². The molecule has 1 atom stereocenters. The number of carbonyl (C=O) groups is 3. The second kappa shape index (κ2) is 9.75. The molecule has 0 radical (unpaired) electrons. The Morgan fingerprint density at radius 1 is 0.968 bits per heavy atom. The monoisotopic (exact) mass is 421 g/mol. The van der Waals surface area contributed by atoms with Crippen molar-refractivity contribution >= 4 is 17.7 Å². The van der Waals surface area contributed by atoms with Gasteiger partial charge in [-0.25, -0.2) is 4.79 Å². The van der Waals surface area contributed by atoms with Gasteiger partial charge in [0.05, 0.1) is 7.11 Å². The molecule has 0 aliphatic rings. The molecule has 0 saturated heterocycles. The van der Waals surface area contributed by atoms with E-state index in [1.165, 1.54) is 19.9 Å². The molecule has 0 fully saturated rings. The van der Waals surface area contributed by atoms with Crippen LogP contribution in [-0.4, -0.2) is 30.9 Å². The van der Waals surface area contributed by atoms with Crippen LogP contribution in [0.4, 0.5) is 0 Å². The molecule has 0 spiro atoms. The number of ketones is 1. The first-order valence-corrected chi connectivity index (χ1v) is 9.70. The van der Waals surface area contributed by atoms with Crippen LogP contribution >= 0.6 is 0 Å². The lowest BCUT2D eigenvalue weighted by Gasteiger charge is -2.13. The van der Waals surface area contributed by atoms with Crippen molar-refractivity contribution in [1.29, 1.82) is 0 Å². The summed E-state index contributed by atoms with van der Waals surface area (Å²) in [6.45, 7) is 3.28. The van der Waals surface area contributed by atoms with Gasteiger partial charge in [0.1, 0.15) is 11.5 Å². The minimum Gasteiger partial charge on any atom is -0.497 e. The number of rotatable bonds is 8. The van der Waals surface area contributed by atoms with Crippen LogP contribution in [0.1, 0.15) is 40.3 Å². The fourth-order valence-corrected chi connectivity index (χ4v) is 2.82. The van der Waals surface area contributed by atoms with Gasteiger partial charge in [0, 0.05) is 17.7 Å². The van der Waals surface area contributed by atoms with Gasteiger partial charge in [-0.3, -0.25) is 9.59 Å². The third-order valence-corrected chi connectivity index (χ3v) is 4.66. The SMILES string of the molecule is COc1ccc(CNC(=O)[C@H](C)OC(=O)c2ccc(-c3ccc(C(C)=O)cc3)o2)cc1. The molecule has 31 heavy (non-hydrogen) atoms. The van der Waals surface area contributed by atoms with Crippen LogP contribution in [0.3, 0.4) is 0 Å². The zero-order chi connectivity index (χ0) is 22.4. The highest BCUT2D eigenvalue weighted by Crippen LogP contribution is 2.23. The van der Waals surface area contributed by atoms with E-state index < -0.39 is 18.0 Å². The topological polar surface area (TPSA) is 94.8 Å². The van der Waals surface area contributed by atoms with Crippen molar-refractivity contribution in [2.24, 2.45) is 0 Å². The number of nitrogens with one attached hydrogen (secondary N) is 1. The van der Waals surface area contributed by atoms with Crippen molar-refractivity contribution in [2.45, 2.75) is 26.5 Å². The molecule has 0 aliphatic carbocycles. The lowest BCUT2D eigenvalue weighted by atomic mass is 10.1. The fourth-order valence-electron chi connectivity index (χ4n) is 2.82. The summed E-state index contributed by atoms with van der Waals surface area (Å²) in [6.07, 6.45) is -0.992. The van der Waals surface area contributed by atoms with Crippen LogP contribution < -0.4 is 10.1 Å². The summed E-state index contributed by atoms with van der Waals surface area (Å²) in [5, 5.41) is 2.72. The standard InChI is InChI=1S/C24H23NO6/c1-15(26)18-6-8-19(9-7-18)21-12-13-22(31-21)24(28)30-16(2)23(27)25-14-17-4-10-20(29-3)11-5-17/h4-13,16H,14H2,1-3H3,(H,25,27)/t16-/m0/s1. The molecular weight excluding hydrogens is 398 g/mol. The molecule has 7 heteroatoms. The zero-order valence-electron chi connectivity index (χ0n) is 17.5. The van der Waals surface area contributed by atoms with Crippen LogP contribution in [0.25, 0.3) is 11.3 Å². The Labute approximate surface area is 180 Å². The van der Waals surface area contributed by atoms with Crippen molar-refractivity contribution in [3.63, 3.8) is 0 Å². The maximum atomic E-state index is 12.3. The van der Waals surface area contributed by atoms with E-state index in [-0.39, 0.29) is 11.5 Å². The van der Waals surface area contributed by atoms with Gasteiger partial charge < -0.3 is 19.2 Å². The number of ether oxygens (including phenoxy) is 2. The Kier molecular flexibility index (Phi) is 6.87. The Morgan fingerprint density at radius 3 is 2.26 bits per heavy atom. The lowest BCUT2D eigenvalue weighted by Crippen LogP contribution is -2.35. The summed E-state index contributed by atoms with van der Waals surface area (Å²) in [6, 6.07) is 17.2. The Bertz CT molecular complexity index is 1070. The van der Waals surface area contributed by atoms with E-state index in [4.69, 9.17) is 13.9 Å². The third-order valence-electron chi connectivity index (χ3n) is 4.66. The number of benzene rings is 2. The van der Waals surface area contributed by atoms with Gasteiger partial charge in [-0.05, 0) is 43.7 Å². The first kappa shape index (κ1) is 21.8. The fraction of sp³-hybridized carbons (Fsp3) is 0.208. The number of methoxy groups -OCH3 is 1. The number of esters is 1. The summed E-state index contributed by atoms with van der Waals surface area (Å²) >= 11 is 0. The number of hydrogen-bond donors (Lipinski definition) is 1. The van der Waals surface area contributed by atoms with Crippen LogP contribution in [-0.2, 0) is 16.1 Å². The second-order valence-electron chi connectivity index (χ2n) is 6.91. The van der Waals surface area contributed by atoms with Crippen LogP contribution in [0.5, 0.6) is 5.75 Å². The van der Waals surface area contributed by atoms with Gasteiger partial charge in [0.2, 0.25) is 5.76 Å². The molecule has 0 unspecified atom stereocenters. The molecule has 1 N–H and O–H groups in total. The van der Waals surface area contributed by atoms with E-state index in [1.807, 2.05) is 12.1 Å². The lowest BCUT2D eigenvalue weighted by molar-refractivity contribution is -0.129. The van der Waals surface area contributed by atoms with Gasteiger partial charge in [-0.2, -0.15) is 0 Å². The summed E-state index contributed by atoms with van der Waals surface area (Å²) in [5.74, 6) is -0.0203. The minimum atomic E-state index is -0.992. The van der Waals surface area contributed by atoms with E-state index in [9.17, 15) is 14.4 Å². The molecule has 1 amide bonds. The highest BCUT2D eigenvalue weighted by molar-refractivity contribution is 5.94. The molecule has 0 aliphatic heterocycles. The largest absolute Gasteiger partial charge is 0.497 e. The Hall–Kier alpha value is -3.87. The maximum absolute atomic E-state index is 12.3. The minimum absolute atomic E-state index is 0.0135. The van der Waals surface area contributed by atoms with E-state index in [2.05, 4.69) is 5.32 Å². The number of hydrogen-bond acceptors (Lipinski definition) is 6. The van der Waals surface area contributed by atoms with Gasteiger partial charge in [0.25, 0.3) is 5.91 Å². The van der Waals surface area contributed by atoms with Crippen molar-refractivity contribution in [1.82, 2.24) is 5.32 Å². The maximum Gasteiger partial charge on any atom is 0.375 e. The average molecular weight is 421 g/mol. The highest BCUT2D eigenvalue weighted by atomic mass is 16.6. The van der Waals surface area contributed by atoms with Crippen LogP contribution in [0.2, 0.25) is 0 Å². The van der Waals surface area contributed by atoms with Gasteiger partial charge in [-0.15, -0.1) is 0 Å². The average Bonchev–Trinajstić information content (AvgIpc) is 3.28. The molecule has 2 aromatic carbocycles. The molecule has 160 valence electrons. The molecule has 1 aromatic heterocycles. The molecule has 0 bridgehead atoms. The number of carbonyl (C=O) groups excluding carboxylic acids is 3. The summed E-state index contributed by atoms with van der Waals surface area (Å²) in [5.41, 5.74) is 2.19. The summed E-state index contributed by atoms with van der Waals surface area (Å²) in [7, 11) is 1.58. The number of Topliss-reactive ketones (excluding diaryl/α,β-unsaturated/α-hetero) is 1. The predicted molar refractivity (Wildman–Crippen MR) is 114 cm³/mol. The molecule has 1 heterocycles. The Balaban J connectivity index is 1.55. The first-order chi connectivity index (χ1) is 14.9. The van der Waals surface area contributed by atoms with Crippen LogP contribution in [0.15, 0.2) is 65.1 Å². The second-order valence-corrected chi connectivity index (χ2v) is 6.91. The summed E-state index contributed by atoms with van der Waals surface area (Å²) < 4.78 is 15.9. The normalized spacial score (nSPS) is 11.5. The van der Waals surface area contributed by atoms with Crippen molar-refractivity contribution in [2.75, 3.05) is 7.11 Å². The van der Waals surface area contributed by atoms with Crippen molar-refractivity contribution in [3.05, 3.63) is 77.6 Å². The molecule has 7 nitrogen and oxygen atoms in total. The smallest absolute Gasteiger partial charge is 0.375 e. The molecular formula is C24H23NO6. The van der Waals surface area contributed by atoms with Gasteiger partial charge in [0.15, 0.2) is 11.9 Å². The number of furan rings is 1. The predicted octanol–water partition coefficient (Wildman–Crippen LogP) is 4.02. The van der Waals surface area contributed by atoms with E-state index >= 15 is 0 Å². The summed E-state index contributed by atoms with van der Waals surface area (Å²) in [4.78, 5) is 36.0. The van der Waals surface area contributed by atoms with Crippen molar-refractivity contribution in [3.8, 4) is 17.1 Å². The van der Waals surface area contributed by atoms with Gasteiger partial charge in [-0.1, -0.05) is 36.4 Å². The van der Waals surface area contributed by atoms with E-state index in [1.54, 1.807) is 49.6 Å². The zero-order valence-corrected chi connectivity index (χ0v) is 17.5. The first-order valence-electron chi connectivity index (χ1n) is 9.70. The van der Waals surface area contributed by atoms with E-state index in [0.29, 0.717) is 23.4 Å². The van der Waals surface area contributed by atoms with Gasteiger partial charge >= 0.3 is 5.97 Å². The Morgan fingerprint density at radius 2 is 1.65 bits per heavy atom. The molecule has 3 aromatic rings. The third kappa shape index (κ3) is 5.60. The quantitative estimate of drug-likeness (QED) is 0.436. The number of amides is 1. The van der Waals surface area contributed by atoms with Crippen LogP contribution in [0, 0.1) is 0 Å². The van der Waals surface area contributed by atoms with E-state index in [0.717, 1.165) is 11.3 Å². The molecule has 3 rings (SSSR count). The molecule has 0 saturated carbocycles.